The molecule has 0 aliphatic carbocycles. The number of carbonyl (C=O) groups excluding carboxylic acids is 3. The van der Waals surface area contributed by atoms with Gasteiger partial charge in [-0.05, 0) is 69.0 Å². The van der Waals surface area contributed by atoms with Crippen LogP contribution in [0.5, 0.6) is 5.75 Å². The monoisotopic (exact) mass is 505 g/mol. The number of hydrogen-bond acceptors (Lipinski definition) is 7. The molecule has 9 nitrogen and oxygen atoms in total. The highest BCUT2D eigenvalue weighted by Gasteiger charge is 2.33. The Bertz CT molecular complexity index is 1320. The summed E-state index contributed by atoms with van der Waals surface area (Å²) in [6.45, 7) is 5.85. The van der Waals surface area contributed by atoms with Crippen LogP contribution in [-0.2, 0) is 20.7 Å². The zero-order valence-corrected chi connectivity index (χ0v) is 21.7. The molecule has 194 valence electrons. The number of methoxy groups -OCH3 is 2. The summed E-state index contributed by atoms with van der Waals surface area (Å²) in [7, 11) is 2.92. The van der Waals surface area contributed by atoms with Gasteiger partial charge in [-0.3, -0.25) is 4.79 Å². The lowest BCUT2D eigenvalue weighted by molar-refractivity contribution is -0.120. The summed E-state index contributed by atoms with van der Waals surface area (Å²) in [6.07, 6.45) is 3.67. The van der Waals surface area contributed by atoms with Crippen molar-refractivity contribution in [3.8, 4) is 16.9 Å². The van der Waals surface area contributed by atoms with Crippen LogP contribution < -0.4 is 9.64 Å². The highest BCUT2D eigenvalue weighted by atomic mass is 16.6. The highest BCUT2D eigenvalue weighted by molar-refractivity contribution is 6.02. The lowest BCUT2D eigenvalue weighted by Crippen LogP contribution is -2.28. The Morgan fingerprint density at radius 3 is 2.59 bits per heavy atom. The van der Waals surface area contributed by atoms with Crippen molar-refractivity contribution in [2.24, 2.45) is 5.92 Å². The molecule has 3 aromatic rings. The molecule has 37 heavy (non-hydrogen) atoms. The second-order valence-electron chi connectivity index (χ2n) is 9.91. The number of amides is 1. The van der Waals surface area contributed by atoms with Gasteiger partial charge in [0.15, 0.2) is 0 Å². The van der Waals surface area contributed by atoms with Crippen LogP contribution in [0, 0.1) is 5.92 Å². The van der Waals surface area contributed by atoms with Crippen LogP contribution in [0.25, 0.3) is 11.1 Å². The van der Waals surface area contributed by atoms with Gasteiger partial charge in [-0.25, -0.2) is 9.59 Å². The maximum atomic E-state index is 13.3. The molecule has 0 saturated carbocycles. The van der Waals surface area contributed by atoms with Crippen molar-refractivity contribution < 1.29 is 28.6 Å². The number of benzene rings is 2. The van der Waals surface area contributed by atoms with Crippen molar-refractivity contribution >= 4 is 23.7 Å². The standard InChI is InChI=1S/C28H31N3O6/c1-28(2,3)37-27(34)31-17-20(16-29-31)23-10-9-21(15-24(23)26(33)36-5)30-12-11-19(25(30)32)13-18-7-6-8-22(14-18)35-4/h6-10,14-17,19H,11-13H2,1-5H3. The maximum absolute atomic E-state index is 13.3. The minimum Gasteiger partial charge on any atom is -0.497 e. The minimum absolute atomic E-state index is 0.00383. The first-order valence-electron chi connectivity index (χ1n) is 12.0. The van der Waals surface area contributed by atoms with Gasteiger partial charge in [0.1, 0.15) is 11.4 Å². The number of carbonyl (C=O) groups is 3. The number of anilines is 1. The lowest BCUT2D eigenvalue weighted by atomic mass is 9.98. The van der Waals surface area contributed by atoms with Gasteiger partial charge >= 0.3 is 12.1 Å². The second-order valence-corrected chi connectivity index (χ2v) is 9.91. The molecule has 9 heteroatoms. The van der Waals surface area contributed by atoms with Crippen LogP contribution in [0.3, 0.4) is 0 Å². The number of nitrogens with zero attached hydrogens (tertiary/aromatic N) is 3. The summed E-state index contributed by atoms with van der Waals surface area (Å²) in [5, 5.41) is 4.09. The maximum Gasteiger partial charge on any atom is 0.435 e. The Balaban J connectivity index is 1.58. The number of esters is 1. The van der Waals surface area contributed by atoms with Crippen LogP contribution in [0.4, 0.5) is 10.5 Å². The Morgan fingerprint density at radius 2 is 1.89 bits per heavy atom. The third kappa shape index (κ3) is 5.82. The molecule has 1 amide bonds. The molecule has 1 fully saturated rings. The lowest BCUT2D eigenvalue weighted by Gasteiger charge is -2.19. The van der Waals surface area contributed by atoms with Crippen molar-refractivity contribution in [3.05, 3.63) is 66.0 Å². The SMILES string of the molecule is COC(=O)c1cc(N2CCC(Cc3cccc(OC)c3)C2=O)ccc1-c1cnn(C(=O)OC(C)(C)C)c1. The molecular formula is C28H31N3O6. The smallest absolute Gasteiger partial charge is 0.435 e. The van der Waals surface area contributed by atoms with Crippen molar-refractivity contribution in [1.82, 2.24) is 9.78 Å². The molecule has 4 rings (SSSR count). The molecular weight excluding hydrogens is 474 g/mol. The molecule has 1 unspecified atom stereocenters. The van der Waals surface area contributed by atoms with Crippen molar-refractivity contribution in [2.45, 2.75) is 39.2 Å². The van der Waals surface area contributed by atoms with Crippen molar-refractivity contribution in [2.75, 3.05) is 25.7 Å². The third-order valence-corrected chi connectivity index (χ3v) is 6.13. The van der Waals surface area contributed by atoms with E-state index in [9.17, 15) is 14.4 Å². The average Bonchev–Trinajstić information content (AvgIpc) is 3.50. The normalized spacial score (nSPS) is 15.5. The first-order valence-corrected chi connectivity index (χ1v) is 12.0. The number of aromatic nitrogens is 2. The summed E-state index contributed by atoms with van der Waals surface area (Å²) in [5.41, 5.74) is 2.32. The van der Waals surface area contributed by atoms with Gasteiger partial charge in [-0.1, -0.05) is 18.2 Å². The molecule has 0 N–H and O–H groups in total. The van der Waals surface area contributed by atoms with Crippen molar-refractivity contribution in [1.29, 1.82) is 0 Å². The molecule has 1 aliphatic heterocycles. The number of rotatable bonds is 6. The predicted octanol–water partition coefficient (Wildman–Crippen LogP) is 4.72. The van der Waals surface area contributed by atoms with E-state index in [-0.39, 0.29) is 17.4 Å². The Labute approximate surface area is 215 Å². The molecule has 0 spiro atoms. The van der Waals surface area contributed by atoms with E-state index >= 15 is 0 Å². The zero-order valence-electron chi connectivity index (χ0n) is 21.7. The molecule has 0 radical (unpaired) electrons. The largest absolute Gasteiger partial charge is 0.497 e. The predicted molar refractivity (Wildman–Crippen MR) is 138 cm³/mol. The van der Waals surface area contributed by atoms with E-state index in [2.05, 4.69) is 5.10 Å². The van der Waals surface area contributed by atoms with E-state index in [4.69, 9.17) is 14.2 Å². The summed E-state index contributed by atoms with van der Waals surface area (Å²) in [6, 6.07) is 12.9. The minimum atomic E-state index is -0.672. The molecule has 2 heterocycles. The van der Waals surface area contributed by atoms with Gasteiger partial charge in [0.25, 0.3) is 0 Å². The molecule has 1 saturated heterocycles. The number of ether oxygens (including phenoxy) is 3. The van der Waals surface area contributed by atoms with Crippen LogP contribution in [-0.4, -0.2) is 54.1 Å². The van der Waals surface area contributed by atoms with Crippen LogP contribution in [0.1, 0.15) is 43.1 Å². The first kappa shape index (κ1) is 25.9. The van der Waals surface area contributed by atoms with E-state index in [1.54, 1.807) is 51.0 Å². The summed E-state index contributed by atoms with van der Waals surface area (Å²) in [4.78, 5) is 40.0. The number of hydrogen-bond donors (Lipinski definition) is 0. The van der Waals surface area contributed by atoms with Gasteiger partial charge in [0.2, 0.25) is 5.91 Å². The van der Waals surface area contributed by atoms with Crippen LogP contribution in [0.2, 0.25) is 0 Å². The Kier molecular flexibility index (Phi) is 7.33. The molecule has 1 aromatic heterocycles. The van der Waals surface area contributed by atoms with Crippen molar-refractivity contribution in [3.63, 3.8) is 0 Å². The molecule has 0 bridgehead atoms. The quantitative estimate of drug-likeness (QED) is 0.447. The second kappa shape index (κ2) is 10.5. The highest BCUT2D eigenvalue weighted by Crippen LogP contribution is 2.33. The molecule has 1 atom stereocenters. The van der Waals surface area contributed by atoms with E-state index in [0.29, 0.717) is 36.2 Å². The van der Waals surface area contributed by atoms with Gasteiger partial charge in [-0.15, -0.1) is 0 Å². The zero-order chi connectivity index (χ0) is 26.7. The van der Waals surface area contributed by atoms with Crippen LogP contribution >= 0.6 is 0 Å². The van der Waals surface area contributed by atoms with E-state index in [1.807, 2.05) is 24.3 Å². The van der Waals surface area contributed by atoms with E-state index in [1.165, 1.54) is 19.5 Å². The topological polar surface area (TPSA) is 100.0 Å². The van der Waals surface area contributed by atoms with Gasteiger partial charge in [0, 0.05) is 29.9 Å². The molecule has 1 aliphatic rings. The van der Waals surface area contributed by atoms with Gasteiger partial charge < -0.3 is 19.1 Å². The fourth-order valence-corrected chi connectivity index (χ4v) is 4.37. The first-order chi connectivity index (χ1) is 17.6. The third-order valence-electron chi connectivity index (χ3n) is 6.13. The fraction of sp³-hybridized carbons (Fsp3) is 0.357. The average molecular weight is 506 g/mol. The van der Waals surface area contributed by atoms with Crippen LogP contribution in [0.15, 0.2) is 54.9 Å². The fourth-order valence-electron chi connectivity index (χ4n) is 4.37. The van der Waals surface area contributed by atoms with Gasteiger partial charge in [0.05, 0.1) is 26.0 Å². The summed E-state index contributed by atoms with van der Waals surface area (Å²) >= 11 is 0. The summed E-state index contributed by atoms with van der Waals surface area (Å²) in [5.74, 6) is 0.0408. The van der Waals surface area contributed by atoms with Gasteiger partial charge in [-0.2, -0.15) is 9.78 Å². The van der Waals surface area contributed by atoms with E-state index in [0.717, 1.165) is 16.0 Å². The van der Waals surface area contributed by atoms with E-state index < -0.39 is 17.7 Å². The Hall–Kier alpha value is -4.14. The molecule has 2 aromatic carbocycles. The Morgan fingerprint density at radius 1 is 1.11 bits per heavy atom. The summed E-state index contributed by atoms with van der Waals surface area (Å²) < 4.78 is 16.7.